The van der Waals surface area contributed by atoms with E-state index in [2.05, 4.69) is 5.32 Å². The normalized spacial score (nSPS) is 18.3. The first kappa shape index (κ1) is 17.7. The Labute approximate surface area is 160 Å². The molecule has 8 nitrogen and oxygen atoms in total. The first-order chi connectivity index (χ1) is 13.5. The average molecular weight is 379 g/mol. The summed E-state index contributed by atoms with van der Waals surface area (Å²) in [4.78, 5) is 51.2. The number of imide groups is 1. The highest BCUT2D eigenvalue weighted by Crippen LogP contribution is 2.22. The molecule has 1 unspecified atom stereocenters. The second-order valence-corrected chi connectivity index (χ2v) is 6.50. The number of anilines is 1. The summed E-state index contributed by atoms with van der Waals surface area (Å²) in [5.41, 5.74) is 1.31. The van der Waals surface area contributed by atoms with Gasteiger partial charge in [0.2, 0.25) is 5.91 Å². The predicted molar refractivity (Wildman–Crippen MR) is 98.9 cm³/mol. The number of amides is 4. The molecule has 1 fully saturated rings. The Balaban J connectivity index is 1.32. The molecule has 142 valence electrons. The van der Waals surface area contributed by atoms with Crippen LogP contribution in [-0.2, 0) is 9.53 Å². The van der Waals surface area contributed by atoms with Crippen LogP contribution in [0.4, 0.5) is 10.5 Å². The van der Waals surface area contributed by atoms with Gasteiger partial charge >= 0.3 is 6.09 Å². The van der Waals surface area contributed by atoms with Crippen LogP contribution < -0.4 is 10.2 Å². The van der Waals surface area contributed by atoms with Crippen LogP contribution in [0.1, 0.15) is 20.7 Å². The molecule has 1 saturated heterocycles. The molecule has 2 aliphatic rings. The van der Waals surface area contributed by atoms with Gasteiger partial charge in [-0.3, -0.25) is 24.2 Å². The van der Waals surface area contributed by atoms with E-state index in [4.69, 9.17) is 4.74 Å². The van der Waals surface area contributed by atoms with E-state index < -0.39 is 29.9 Å². The van der Waals surface area contributed by atoms with Gasteiger partial charge in [-0.2, -0.15) is 0 Å². The van der Waals surface area contributed by atoms with Crippen LogP contribution in [0.2, 0.25) is 0 Å². The smallest absolute Gasteiger partial charge is 0.414 e. The molecule has 2 aromatic rings. The van der Waals surface area contributed by atoms with Crippen LogP contribution in [0.15, 0.2) is 54.6 Å². The summed E-state index contributed by atoms with van der Waals surface area (Å²) < 4.78 is 5.27. The van der Waals surface area contributed by atoms with E-state index in [1.165, 1.54) is 4.90 Å². The van der Waals surface area contributed by atoms with E-state index in [0.717, 1.165) is 4.90 Å². The van der Waals surface area contributed by atoms with Gasteiger partial charge in [0.25, 0.3) is 11.8 Å². The molecule has 0 aromatic heterocycles. The number of carbonyl (C=O) groups is 4. The summed E-state index contributed by atoms with van der Waals surface area (Å²) in [6.07, 6.45) is -0.996. The van der Waals surface area contributed by atoms with Gasteiger partial charge in [0.05, 0.1) is 24.2 Å². The maximum absolute atomic E-state index is 12.3. The second-order valence-electron chi connectivity index (χ2n) is 6.50. The number of ether oxygens (including phenoxy) is 1. The van der Waals surface area contributed by atoms with Crippen LogP contribution >= 0.6 is 0 Å². The predicted octanol–water partition coefficient (Wildman–Crippen LogP) is 1.42. The minimum atomic E-state index is -0.515. The summed E-state index contributed by atoms with van der Waals surface area (Å²) >= 11 is 0. The van der Waals surface area contributed by atoms with E-state index in [-0.39, 0.29) is 13.1 Å². The molecule has 0 aliphatic carbocycles. The summed E-state index contributed by atoms with van der Waals surface area (Å²) in [6.45, 7) is 0.0165. The molecule has 0 saturated carbocycles. The topological polar surface area (TPSA) is 96.0 Å². The molecule has 2 aliphatic heterocycles. The van der Waals surface area contributed by atoms with Crippen LogP contribution in [0, 0.1) is 0 Å². The zero-order valence-electron chi connectivity index (χ0n) is 14.8. The van der Waals surface area contributed by atoms with Crippen LogP contribution in [0.25, 0.3) is 0 Å². The first-order valence-electron chi connectivity index (χ1n) is 8.79. The monoisotopic (exact) mass is 379 g/mol. The fourth-order valence-electron chi connectivity index (χ4n) is 3.26. The number of nitrogens with zero attached hydrogens (tertiary/aromatic N) is 2. The Kier molecular flexibility index (Phi) is 4.52. The highest BCUT2D eigenvalue weighted by molar-refractivity contribution is 6.22. The van der Waals surface area contributed by atoms with Crippen molar-refractivity contribution in [1.82, 2.24) is 10.2 Å². The van der Waals surface area contributed by atoms with Gasteiger partial charge in [0.15, 0.2) is 0 Å². The number of nitrogens with one attached hydrogen (secondary N) is 1. The van der Waals surface area contributed by atoms with Gasteiger partial charge < -0.3 is 10.1 Å². The number of hydrogen-bond acceptors (Lipinski definition) is 5. The lowest BCUT2D eigenvalue weighted by atomic mass is 10.1. The Morgan fingerprint density at radius 3 is 2.21 bits per heavy atom. The Bertz CT molecular complexity index is 924. The van der Waals surface area contributed by atoms with Gasteiger partial charge in [0.1, 0.15) is 12.6 Å². The molecule has 1 N–H and O–H groups in total. The van der Waals surface area contributed by atoms with Crippen molar-refractivity contribution in [3.63, 3.8) is 0 Å². The maximum Gasteiger partial charge on any atom is 0.414 e. The molecular weight excluding hydrogens is 362 g/mol. The standard InChI is InChI=1S/C20H17N3O5/c24-17(12-23-18(25)15-8-4-5-9-16(15)19(23)26)21-10-14-11-22(20(27)28-14)13-6-2-1-3-7-13/h1-9,14H,10-12H2,(H,21,24). The number of cyclic esters (lactones) is 1. The summed E-state index contributed by atoms with van der Waals surface area (Å²) in [5, 5.41) is 2.62. The minimum Gasteiger partial charge on any atom is -0.442 e. The third kappa shape index (κ3) is 3.20. The number of benzene rings is 2. The van der Waals surface area contributed by atoms with Gasteiger partial charge in [-0.1, -0.05) is 30.3 Å². The maximum atomic E-state index is 12.3. The lowest BCUT2D eigenvalue weighted by molar-refractivity contribution is -0.121. The van der Waals surface area contributed by atoms with E-state index in [0.29, 0.717) is 23.4 Å². The number of fused-ring (bicyclic) bond motifs is 1. The zero-order valence-corrected chi connectivity index (χ0v) is 14.8. The SMILES string of the molecule is O=C(CN1C(=O)c2ccccc2C1=O)NCC1CN(c2ccccc2)C(=O)O1. The molecule has 4 amide bonds. The van der Waals surface area contributed by atoms with Gasteiger partial charge in [-0.15, -0.1) is 0 Å². The van der Waals surface area contributed by atoms with Crippen molar-refractivity contribution >= 4 is 29.5 Å². The number of carbonyl (C=O) groups excluding carboxylic acids is 4. The summed E-state index contributed by atoms with van der Waals surface area (Å²) in [6, 6.07) is 15.5. The average Bonchev–Trinajstić information content (AvgIpc) is 3.20. The molecule has 1 atom stereocenters. The molecule has 0 spiro atoms. The molecule has 0 radical (unpaired) electrons. The van der Waals surface area contributed by atoms with Gasteiger partial charge in [0, 0.05) is 5.69 Å². The van der Waals surface area contributed by atoms with Crippen molar-refractivity contribution in [2.24, 2.45) is 0 Å². The molecule has 8 heteroatoms. The molecule has 2 heterocycles. The van der Waals surface area contributed by atoms with Crippen LogP contribution in [-0.4, -0.2) is 54.5 Å². The molecule has 4 rings (SSSR count). The second kappa shape index (κ2) is 7.15. The van der Waals surface area contributed by atoms with E-state index in [1.807, 2.05) is 18.2 Å². The van der Waals surface area contributed by atoms with Crippen molar-refractivity contribution in [3.05, 3.63) is 65.7 Å². The first-order valence-corrected chi connectivity index (χ1v) is 8.79. The fraction of sp³-hybridized carbons (Fsp3) is 0.200. The van der Waals surface area contributed by atoms with Crippen molar-refractivity contribution < 1.29 is 23.9 Å². The van der Waals surface area contributed by atoms with E-state index in [1.54, 1.807) is 36.4 Å². The van der Waals surface area contributed by atoms with Crippen LogP contribution in [0.3, 0.4) is 0 Å². The van der Waals surface area contributed by atoms with Crippen LogP contribution in [0.5, 0.6) is 0 Å². The highest BCUT2D eigenvalue weighted by Gasteiger charge is 2.37. The van der Waals surface area contributed by atoms with E-state index >= 15 is 0 Å². The highest BCUT2D eigenvalue weighted by atomic mass is 16.6. The third-order valence-corrected chi connectivity index (χ3v) is 4.65. The van der Waals surface area contributed by atoms with Crippen molar-refractivity contribution in [2.75, 3.05) is 24.5 Å². The largest absolute Gasteiger partial charge is 0.442 e. The summed E-state index contributed by atoms with van der Waals surface area (Å²) in [7, 11) is 0. The lowest BCUT2D eigenvalue weighted by Gasteiger charge is -2.15. The fourth-order valence-corrected chi connectivity index (χ4v) is 3.26. The molecule has 2 aromatic carbocycles. The third-order valence-electron chi connectivity index (χ3n) is 4.65. The van der Waals surface area contributed by atoms with Crippen molar-refractivity contribution in [1.29, 1.82) is 0 Å². The minimum absolute atomic E-state index is 0.0943. The Morgan fingerprint density at radius 2 is 1.57 bits per heavy atom. The molecular formula is C20H17N3O5. The van der Waals surface area contributed by atoms with E-state index in [9.17, 15) is 19.2 Å². The Hall–Kier alpha value is -3.68. The van der Waals surface area contributed by atoms with Crippen molar-refractivity contribution in [3.8, 4) is 0 Å². The molecule has 0 bridgehead atoms. The van der Waals surface area contributed by atoms with Gasteiger partial charge in [-0.25, -0.2) is 4.79 Å². The Morgan fingerprint density at radius 1 is 0.964 bits per heavy atom. The van der Waals surface area contributed by atoms with Gasteiger partial charge in [-0.05, 0) is 24.3 Å². The number of hydrogen-bond donors (Lipinski definition) is 1. The zero-order chi connectivity index (χ0) is 19.7. The van der Waals surface area contributed by atoms with Crippen molar-refractivity contribution in [2.45, 2.75) is 6.10 Å². The summed E-state index contributed by atoms with van der Waals surface area (Å²) in [5.74, 6) is -1.47. The number of rotatable bonds is 5. The lowest BCUT2D eigenvalue weighted by Crippen LogP contribution is -2.43. The quantitative estimate of drug-likeness (QED) is 0.793. The molecule has 28 heavy (non-hydrogen) atoms. The number of para-hydroxylation sites is 1.